The van der Waals surface area contributed by atoms with Gasteiger partial charge in [-0.25, -0.2) is 14.8 Å². The van der Waals surface area contributed by atoms with E-state index in [-0.39, 0.29) is 5.56 Å². The van der Waals surface area contributed by atoms with Gasteiger partial charge in [-0.1, -0.05) is 24.3 Å². The van der Waals surface area contributed by atoms with E-state index >= 15 is 0 Å². The van der Waals surface area contributed by atoms with Gasteiger partial charge in [0, 0.05) is 17.4 Å². The summed E-state index contributed by atoms with van der Waals surface area (Å²) >= 11 is 0. The number of carboxylic acids is 1. The van der Waals surface area contributed by atoms with Gasteiger partial charge in [0.2, 0.25) is 0 Å². The highest BCUT2D eigenvalue weighted by molar-refractivity contribution is 5.89. The zero-order chi connectivity index (χ0) is 17.8. The molecule has 0 radical (unpaired) electrons. The second-order valence-electron chi connectivity index (χ2n) is 5.64. The van der Waals surface area contributed by atoms with Crippen LogP contribution in [0.15, 0.2) is 54.6 Å². The maximum absolute atomic E-state index is 11.1. The molecule has 0 spiro atoms. The fourth-order valence-corrected chi connectivity index (χ4v) is 2.42. The summed E-state index contributed by atoms with van der Waals surface area (Å²) in [6.45, 7) is 3.83. The van der Waals surface area contributed by atoms with Crippen LogP contribution in [0.4, 0.5) is 23.0 Å². The van der Waals surface area contributed by atoms with Gasteiger partial charge in [-0.05, 0) is 43.7 Å². The van der Waals surface area contributed by atoms with E-state index in [1.54, 1.807) is 30.3 Å². The molecule has 25 heavy (non-hydrogen) atoms. The van der Waals surface area contributed by atoms with Crippen molar-refractivity contribution < 1.29 is 9.90 Å². The van der Waals surface area contributed by atoms with Crippen LogP contribution in [0, 0.1) is 13.8 Å². The normalized spacial score (nSPS) is 10.3. The molecule has 0 saturated carbocycles. The second-order valence-corrected chi connectivity index (χ2v) is 5.64. The Balaban J connectivity index is 1.86. The number of benzene rings is 2. The molecule has 2 aromatic carbocycles. The molecule has 0 amide bonds. The molecule has 0 aliphatic rings. The number of rotatable bonds is 5. The Hall–Kier alpha value is -3.41. The second kappa shape index (κ2) is 7.00. The maximum Gasteiger partial charge on any atom is 0.335 e. The van der Waals surface area contributed by atoms with Crippen LogP contribution in [0.25, 0.3) is 0 Å². The van der Waals surface area contributed by atoms with Crippen molar-refractivity contribution >= 4 is 29.0 Å². The van der Waals surface area contributed by atoms with Gasteiger partial charge in [0.25, 0.3) is 0 Å². The Morgan fingerprint density at radius 3 is 2.36 bits per heavy atom. The zero-order valence-electron chi connectivity index (χ0n) is 13.9. The minimum absolute atomic E-state index is 0.217. The Morgan fingerprint density at radius 1 is 0.920 bits per heavy atom. The fourth-order valence-electron chi connectivity index (χ4n) is 2.42. The third-order valence-corrected chi connectivity index (χ3v) is 3.63. The van der Waals surface area contributed by atoms with Gasteiger partial charge >= 0.3 is 5.97 Å². The average Bonchev–Trinajstić information content (AvgIpc) is 2.57. The summed E-state index contributed by atoms with van der Waals surface area (Å²) in [7, 11) is 0. The lowest BCUT2D eigenvalue weighted by molar-refractivity contribution is 0.0697. The molecule has 1 heterocycles. The van der Waals surface area contributed by atoms with Crippen molar-refractivity contribution in [3.8, 4) is 0 Å². The minimum atomic E-state index is -0.968. The van der Waals surface area contributed by atoms with Crippen molar-refractivity contribution in [2.45, 2.75) is 13.8 Å². The summed E-state index contributed by atoms with van der Waals surface area (Å²) in [5, 5.41) is 15.5. The summed E-state index contributed by atoms with van der Waals surface area (Å²) in [6.07, 6.45) is 0. The van der Waals surface area contributed by atoms with Crippen LogP contribution in [0.3, 0.4) is 0 Å². The van der Waals surface area contributed by atoms with Crippen molar-refractivity contribution in [1.82, 2.24) is 9.97 Å². The Kier molecular flexibility index (Phi) is 4.61. The highest BCUT2D eigenvalue weighted by Crippen LogP contribution is 2.22. The van der Waals surface area contributed by atoms with E-state index in [1.165, 1.54) is 0 Å². The van der Waals surface area contributed by atoms with Crippen molar-refractivity contribution in [2.75, 3.05) is 10.6 Å². The fraction of sp³-hybridized carbons (Fsp3) is 0.105. The Morgan fingerprint density at radius 2 is 1.64 bits per heavy atom. The molecular weight excluding hydrogens is 316 g/mol. The summed E-state index contributed by atoms with van der Waals surface area (Å²) in [5.74, 6) is 0.893. The Labute approximate surface area is 145 Å². The standard InChI is InChI=1S/C19H18N4O2/c1-12-6-3-4-9-16(12)23-18-11-17(20-13(2)21-18)22-15-8-5-7-14(10-15)19(24)25/h3-11H,1-2H3,(H,24,25)(H2,20,21,22,23). The molecule has 3 aromatic rings. The highest BCUT2D eigenvalue weighted by atomic mass is 16.4. The van der Waals surface area contributed by atoms with Gasteiger partial charge in [0.05, 0.1) is 5.56 Å². The SMILES string of the molecule is Cc1nc(Nc2cccc(C(=O)O)c2)cc(Nc2ccccc2C)n1. The first-order valence-electron chi connectivity index (χ1n) is 7.80. The lowest BCUT2D eigenvalue weighted by atomic mass is 10.2. The van der Waals surface area contributed by atoms with Gasteiger partial charge in [-0.15, -0.1) is 0 Å². The number of nitrogens with zero attached hydrogens (tertiary/aromatic N) is 2. The molecule has 0 aliphatic heterocycles. The van der Waals surface area contributed by atoms with Crippen LogP contribution in [-0.4, -0.2) is 21.0 Å². The van der Waals surface area contributed by atoms with Gasteiger partial charge in [-0.3, -0.25) is 0 Å². The molecule has 1 aromatic heterocycles. The molecule has 0 aliphatic carbocycles. The molecule has 0 saturated heterocycles. The van der Waals surface area contributed by atoms with Crippen LogP contribution in [0.1, 0.15) is 21.7 Å². The van der Waals surface area contributed by atoms with Crippen LogP contribution < -0.4 is 10.6 Å². The number of anilines is 4. The van der Waals surface area contributed by atoms with E-state index in [2.05, 4.69) is 20.6 Å². The first-order valence-corrected chi connectivity index (χ1v) is 7.80. The Bertz CT molecular complexity index is 925. The predicted octanol–water partition coefficient (Wildman–Crippen LogP) is 4.28. The number of para-hydroxylation sites is 1. The third kappa shape index (κ3) is 4.11. The zero-order valence-corrected chi connectivity index (χ0v) is 13.9. The first kappa shape index (κ1) is 16.4. The van der Waals surface area contributed by atoms with Crippen LogP contribution >= 0.6 is 0 Å². The molecular formula is C19H18N4O2. The van der Waals surface area contributed by atoms with Crippen molar-refractivity contribution in [3.05, 3.63) is 71.5 Å². The van der Waals surface area contributed by atoms with Crippen LogP contribution in [0.2, 0.25) is 0 Å². The van der Waals surface area contributed by atoms with Crippen molar-refractivity contribution in [2.24, 2.45) is 0 Å². The highest BCUT2D eigenvalue weighted by Gasteiger charge is 2.07. The van der Waals surface area contributed by atoms with E-state index in [0.29, 0.717) is 23.1 Å². The summed E-state index contributed by atoms with van der Waals surface area (Å²) in [6, 6.07) is 16.3. The van der Waals surface area contributed by atoms with Gasteiger partial charge in [-0.2, -0.15) is 0 Å². The smallest absolute Gasteiger partial charge is 0.335 e. The molecule has 0 bridgehead atoms. The van der Waals surface area contributed by atoms with Crippen molar-refractivity contribution in [1.29, 1.82) is 0 Å². The molecule has 0 atom stereocenters. The quantitative estimate of drug-likeness (QED) is 0.645. The number of hydrogen-bond donors (Lipinski definition) is 3. The number of carbonyl (C=O) groups is 1. The first-order chi connectivity index (χ1) is 12.0. The molecule has 0 fully saturated rings. The summed E-state index contributed by atoms with van der Waals surface area (Å²) < 4.78 is 0. The van der Waals surface area contributed by atoms with Gasteiger partial charge < -0.3 is 15.7 Å². The number of hydrogen-bond acceptors (Lipinski definition) is 5. The largest absolute Gasteiger partial charge is 0.478 e. The van der Waals surface area contributed by atoms with E-state index in [4.69, 9.17) is 5.11 Å². The molecule has 3 rings (SSSR count). The average molecular weight is 334 g/mol. The maximum atomic E-state index is 11.1. The predicted molar refractivity (Wildman–Crippen MR) is 97.9 cm³/mol. The number of aromatic nitrogens is 2. The topological polar surface area (TPSA) is 87.1 Å². The molecule has 0 unspecified atom stereocenters. The van der Waals surface area contributed by atoms with E-state index < -0.39 is 5.97 Å². The lowest BCUT2D eigenvalue weighted by Gasteiger charge is -2.12. The number of aromatic carboxylic acids is 1. The van der Waals surface area contributed by atoms with E-state index in [1.807, 2.05) is 38.1 Å². The summed E-state index contributed by atoms with van der Waals surface area (Å²) in [5.41, 5.74) is 2.95. The van der Waals surface area contributed by atoms with E-state index in [0.717, 1.165) is 11.3 Å². The molecule has 126 valence electrons. The summed E-state index contributed by atoms with van der Waals surface area (Å²) in [4.78, 5) is 19.8. The van der Waals surface area contributed by atoms with E-state index in [9.17, 15) is 4.79 Å². The van der Waals surface area contributed by atoms with Crippen LogP contribution in [0.5, 0.6) is 0 Å². The molecule has 3 N–H and O–H groups in total. The van der Waals surface area contributed by atoms with Crippen molar-refractivity contribution in [3.63, 3.8) is 0 Å². The third-order valence-electron chi connectivity index (χ3n) is 3.63. The molecule has 6 heteroatoms. The van der Waals surface area contributed by atoms with Gasteiger partial charge in [0.1, 0.15) is 17.5 Å². The molecule has 6 nitrogen and oxygen atoms in total. The monoisotopic (exact) mass is 334 g/mol. The van der Waals surface area contributed by atoms with Gasteiger partial charge in [0.15, 0.2) is 0 Å². The number of aryl methyl sites for hydroxylation is 2. The number of nitrogens with one attached hydrogen (secondary N) is 2. The number of carboxylic acid groups (broad SMARTS) is 1. The minimum Gasteiger partial charge on any atom is -0.478 e. The lowest BCUT2D eigenvalue weighted by Crippen LogP contribution is -2.03. The van der Waals surface area contributed by atoms with Crippen LogP contribution in [-0.2, 0) is 0 Å².